The molecule has 0 saturated carbocycles. The average Bonchev–Trinajstić information content (AvgIpc) is 1.86. The van der Waals surface area contributed by atoms with E-state index < -0.39 is 6.43 Å². The van der Waals surface area contributed by atoms with Crippen LogP contribution in [0.15, 0.2) is 0 Å². The van der Waals surface area contributed by atoms with Gasteiger partial charge < -0.3 is 10.6 Å². The van der Waals surface area contributed by atoms with Crippen molar-refractivity contribution in [1.82, 2.24) is 4.90 Å². The first-order valence-corrected chi connectivity index (χ1v) is 3.83. The topological polar surface area (TPSA) is 29.3 Å². The Labute approximate surface area is 66.4 Å². The second-order valence-corrected chi connectivity index (χ2v) is 2.65. The molecule has 68 valence electrons. The molecule has 0 atom stereocenters. The lowest BCUT2D eigenvalue weighted by Crippen LogP contribution is -2.25. The van der Waals surface area contributed by atoms with Crippen molar-refractivity contribution in [3.63, 3.8) is 0 Å². The molecular formula is C7H16F2N2. The minimum Gasteiger partial charge on any atom is -0.330 e. The fraction of sp³-hybridized carbons (Fsp3) is 1.00. The summed E-state index contributed by atoms with van der Waals surface area (Å²) in [5, 5.41) is 0. The van der Waals surface area contributed by atoms with Crippen molar-refractivity contribution in [2.45, 2.75) is 19.3 Å². The van der Waals surface area contributed by atoms with E-state index in [-0.39, 0.29) is 6.54 Å². The molecule has 0 rings (SSSR count). The summed E-state index contributed by atoms with van der Waals surface area (Å²) in [4.78, 5) is 1.63. The van der Waals surface area contributed by atoms with Crippen molar-refractivity contribution < 1.29 is 8.78 Å². The van der Waals surface area contributed by atoms with Crippen LogP contribution >= 0.6 is 0 Å². The van der Waals surface area contributed by atoms with Crippen molar-refractivity contribution in [2.24, 2.45) is 5.73 Å². The molecule has 0 aliphatic carbocycles. The van der Waals surface area contributed by atoms with Crippen LogP contribution in [0.1, 0.15) is 12.8 Å². The molecule has 0 amide bonds. The smallest absolute Gasteiger partial charge is 0.251 e. The first kappa shape index (κ1) is 10.8. The van der Waals surface area contributed by atoms with Crippen LogP contribution in [-0.2, 0) is 0 Å². The van der Waals surface area contributed by atoms with Crippen LogP contribution < -0.4 is 5.73 Å². The number of halogens is 2. The zero-order valence-electron chi connectivity index (χ0n) is 6.89. The van der Waals surface area contributed by atoms with Gasteiger partial charge in [-0.25, -0.2) is 8.78 Å². The van der Waals surface area contributed by atoms with E-state index in [4.69, 9.17) is 5.73 Å². The Bertz CT molecular complexity index is 88.5. The number of alkyl halides is 2. The summed E-state index contributed by atoms with van der Waals surface area (Å²) in [5.41, 5.74) is 5.25. The Balaban J connectivity index is 3.15. The molecule has 0 aromatic carbocycles. The summed E-state index contributed by atoms with van der Waals surface area (Å²) < 4.78 is 23.5. The maximum absolute atomic E-state index is 11.7. The predicted octanol–water partition coefficient (Wildman–Crippen LogP) is 0.922. The van der Waals surface area contributed by atoms with Crippen molar-refractivity contribution in [2.75, 3.05) is 26.7 Å². The molecule has 4 heteroatoms. The molecule has 0 unspecified atom stereocenters. The van der Waals surface area contributed by atoms with Crippen LogP contribution in [0.2, 0.25) is 0 Å². The summed E-state index contributed by atoms with van der Waals surface area (Å²) in [7, 11) is 1.70. The summed E-state index contributed by atoms with van der Waals surface area (Å²) >= 11 is 0. The molecule has 0 radical (unpaired) electrons. The molecule has 0 aliphatic rings. The standard InChI is InChI=1S/C7H16F2N2/c1-11(6-7(8)9)5-3-2-4-10/h7H,2-6,10H2,1H3. The monoisotopic (exact) mass is 166 g/mol. The summed E-state index contributed by atoms with van der Waals surface area (Å²) in [5.74, 6) is 0. The Morgan fingerprint density at radius 2 is 2.00 bits per heavy atom. The Morgan fingerprint density at radius 1 is 1.36 bits per heavy atom. The van der Waals surface area contributed by atoms with Crippen molar-refractivity contribution in [1.29, 1.82) is 0 Å². The van der Waals surface area contributed by atoms with Gasteiger partial charge in [-0.1, -0.05) is 0 Å². The Kier molecular flexibility index (Phi) is 6.36. The summed E-state index contributed by atoms with van der Waals surface area (Å²) in [6.07, 6.45) is -0.411. The van der Waals surface area contributed by atoms with Gasteiger partial charge in [-0.3, -0.25) is 0 Å². The number of rotatable bonds is 6. The molecule has 0 heterocycles. The third-order valence-electron chi connectivity index (χ3n) is 1.44. The molecule has 0 bridgehead atoms. The third kappa shape index (κ3) is 7.68. The zero-order chi connectivity index (χ0) is 8.69. The highest BCUT2D eigenvalue weighted by atomic mass is 19.3. The van der Waals surface area contributed by atoms with E-state index >= 15 is 0 Å². The van der Waals surface area contributed by atoms with Crippen LogP contribution in [0.5, 0.6) is 0 Å². The number of hydrogen-bond donors (Lipinski definition) is 1. The summed E-state index contributed by atoms with van der Waals surface area (Å²) in [6.45, 7) is 1.22. The van der Waals surface area contributed by atoms with Crippen LogP contribution in [0.25, 0.3) is 0 Å². The lowest BCUT2D eigenvalue weighted by molar-refractivity contribution is 0.0997. The number of nitrogens with zero attached hydrogens (tertiary/aromatic N) is 1. The molecule has 11 heavy (non-hydrogen) atoms. The lowest BCUT2D eigenvalue weighted by Gasteiger charge is -2.14. The van der Waals surface area contributed by atoms with Crippen molar-refractivity contribution in [3.8, 4) is 0 Å². The lowest BCUT2D eigenvalue weighted by atomic mass is 10.3. The number of hydrogen-bond acceptors (Lipinski definition) is 2. The molecule has 0 saturated heterocycles. The predicted molar refractivity (Wildman–Crippen MR) is 41.8 cm³/mol. The van der Waals surface area contributed by atoms with Gasteiger partial charge in [0.25, 0.3) is 6.43 Å². The van der Waals surface area contributed by atoms with E-state index in [1.54, 1.807) is 11.9 Å². The van der Waals surface area contributed by atoms with Gasteiger partial charge in [0.2, 0.25) is 0 Å². The van der Waals surface area contributed by atoms with Crippen molar-refractivity contribution >= 4 is 0 Å². The van der Waals surface area contributed by atoms with E-state index in [0.717, 1.165) is 12.8 Å². The molecule has 0 fully saturated rings. The fourth-order valence-electron chi connectivity index (χ4n) is 0.853. The largest absolute Gasteiger partial charge is 0.330 e. The normalized spacial score (nSPS) is 11.5. The molecular weight excluding hydrogens is 150 g/mol. The molecule has 0 aliphatic heterocycles. The number of nitrogens with two attached hydrogens (primary N) is 1. The third-order valence-corrected chi connectivity index (χ3v) is 1.44. The maximum Gasteiger partial charge on any atom is 0.251 e. The van der Waals surface area contributed by atoms with Crippen LogP contribution in [0.4, 0.5) is 8.78 Å². The van der Waals surface area contributed by atoms with Gasteiger partial charge in [0, 0.05) is 0 Å². The quantitative estimate of drug-likeness (QED) is 0.594. The van der Waals surface area contributed by atoms with E-state index in [9.17, 15) is 8.78 Å². The van der Waals surface area contributed by atoms with Crippen molar-refractivity contribution in [3.05, 3.63) is 0 Å². The second-order valence-electron chi connectivity index (χ2n) is 2.65. The van der Waals surface area contributed by atoms with Crippen LogP contribution in [0, 0.1) is 0 Å². The van der Waals surface area contributed by atoms with Gasteiger partial charge in [0.1, 0.15) is 0 Å². The van der Waals surface area contributed by atoms with E-state index in [2.05, 4.69) is 0 Å². The second kappa shape index (κ2) is 6.49. The molecule has 0 spiro atoms. The van der Waals surface area contributed by atoms with Crippen LogP contribution in [-0.4, -0.2) is 38.0 Å². The van der Waals surface area contributed by atoms with Gasteiger partial charge in [-0.05, 0) is 33.0 Å². The van der Waals surface area contributed by atoms with E-state index in [1.165, 1.54) is 0 Å². The first-order chi connectivity index (χ1) is 5.16. The minimum absolute atomic E-state index is 0.134. The van der Waals surface area contributed by atoms with Crippen LogP contribution in [0.3, 0.4) is 0 Å². The maximum atomic E-state index is 11.7. The number of unbranched alkanes of at least 4 members (excludes halogenated alkanes) is 1. The molecule has 2 N–H and O–H groups in total. The first-order valence-electron chi connectivity index (χ1n) is 3.83. The fourth-order valence-corrected chi connectivity index (χ4v) is 0.853. The zero-order valence-corrected chi connectivity index (χ0v) is 6.89. The summed E-state index contributed by atoms with van der Waals surface area (Å²) in [6, 6.07) is 0. The molecule has 0 aromatic heterocycles. The molecule has 2 nitrogen and oxygen atoms in total. The van der Waals surface area contributed by atoms with Gasteiger partial charge in [0.15, 0.2) is 0 Å². The van der Waals surface area contributed by atoms with Gasteiger partial charge >= 0.3 is 0 Å². The Hall–Kier alpha value is -0.220. The van der Waals surface area contributed by atoms with Gasteiger partial charge in [-0.2, -0.15) is 0 Å². The minimum atomic E-state index is -2.22. The Morgan fingerprint density at radius 3 is 2.45 bits per heavy atom. The van der Waals surface area contributed by atoms with Gasteiger partial charge in [-0.15, -0.1) is 0 Å². The highest BCUT2D eigenvalue weighted by Gasteiger charge is 2.05. The van der Waals surface area contributed by atoms with E-state index in [1.807, 2.05) is 0 Å². The highest BCUT2D eigenvalue weighted by molar-refractivity contribution is 4.53. The highest BCUT2D eigenvalue weighted by Crippen LogP contribution is 1.97. The average molecular weight is 166 g/mol. The molecule has 0 aromatic rings. The SMILES string of the molecule is CN(CCCCN)CC(F)F. The van der Waals surface area contributed by atoms with E-state index in [0.29, 0.717) is 13.1 Å². The van der Waals surface area contributed by atoms with Gasteiger partial charge in [0.05, 0.1) is 6.54 Å².